The molecule has 1 atom stereocenters. The lowest BCUT2D eigenvalue weighted by Gasteiger charge is -2.14. The van der Waals surface area contributed by atoms with Crippen LogP contribution in [0.3, 0.4) is 0 Å². The van der Waals surface area contributed by atoms with Crippen LogP contribution in [-0.2, 0) is 23.3 Å². The van der Waals surface area contributed by atoms with Crippen LogP contribution in [0.15, 0.2) is 41.6 Å². The number of aromatic nitrogens is 2. The SMILES string of the molecule is CC(NCCc1cnn(C)c1)c1ccc(S(C)(=O)=O)cc1. The fourth-order valence-electron chi connectivity index (χ4n) is 2.16. The van der Waals surface area contributed by atoms with Gasteiger partial charge in [0.25, 0.3) is 0 Å². The Labute approximate surface area is 125 Å². The number of rotatable bonds is 6. The second kappa shape index (κ2) is 6.41. The van der Waals surface area contributed by atoms with Gasteiger partial charge in [0.15, 0.2) is 9.84 Å². The van der Waals surface area contributed by atoms with Crippen LogP contribution in [0.4, 0.5) is 0 Å². The summed E-state index contributed by atoms with van der Waals surface area (Å²) in [4.78, 5) is 0.355. The van der Waals surface area contributed by atoms with Crippen molar-refractivity contribution in [1.29, 1.82) is 0 Å². The van der Waals surface area contributed by atoms with E-state index in [-0.39, 0.29) is 6.04 Å². The molecule has 1 aromatic carbocycles. The summed E-state index contributed by atoms with van der Waals surface area (Å²) in [6.45, 7) is 2.92. The van der Waals surface area contributed by atoms with E-state index < -0.39 is 9.84 Å². The molecule has 1 heterocycles. The predicted octanol–water partition coefficient (Wildman–Crippen LogP) is 1.72. The van der Waals surface area contributed by atoms with E-state index in [9.17, 15) is 8.42 Å². The Morgan fingerprint density at radius 1 is 1.29 bits per heavy atom. The topological polar surface area (TPSA) is 64.0 Å². The molecule has 1 aromatic heterocycles. The minimum Gasteiger partial charge on any atom is -0.310 e. The normalized spacial score (nSPS) is 13.3. The van der Waals surface area contributed by atoms with Crippen LogP contribution in [-0.4, -0.2) is 31.0 Å². The van der Waals surface area contributed by atoms with Crippen LogP contribution in [0, 0.1) is 0 Å². The fraction of sp³-hybridized carbons (Fsp3) is 0.400. The van der Waals surface area contributed by atoms with Crippen molar-refractivity contribution in [2.75, 3.05) is 12.8 Å². The number of nitrogens with one attached hydrogen (secondary N) is 1. The lowest BCUT2D eigenvalue weighted by atomic mass is 10.1. The Bertz CT molecular complexity index is 690. The van der Waals surface area contributed by atoms with E-state index in [1.165, 1.54) is 11.8 Å². The lowest BCUT2D eigenvalue weighted by Crippen LogP contribution is -2.21. The minimum absolute atomic E-state index is 0.176. The van der Waals surface area contributed by atoms with Crippen LogP contribution in [0.1, 0.15) is 24.1 Å². The second-order valence-electron chi connectivity index (χ2n) is 5.29. The van der Waals surface area contributed by atoms with Crippen LogP contribution >= 0.6 is 0 Å². The molecule has 21 heavy (non-hydrogen) atoms. The van der Waals surface area contributed by atoms with Crippen molar-refractivity contribution in [2.45, 2.75) is 24.3 Å². The van der Waals surface area contributed by atoms with Gasteiger partial charge in [0.05, 0.1) is 11.1 Å². The van der Waals surface area contributed by atoms with Crippen LogP contribution in [0.5, 0.6) is 0 Å². The van der Waals surface area contributed by atoms with Gasteiger partial charge in [0, 0.05) is 25.5 Å². The summed E-state index contributed by atoms with van der Waals surface area (Å²) in [5.41, 5.74) is 2.28. The van der Waals surface area contributed by atoms with Gasteiger partial charge in [-0.2, -0.15) is 5.10 Å². The summed E-state index contributed by atoms with van der Waals surface area (Å²) < 4.78 is 24.6. The highest BCUT2D eigenvalue weighted by Crippen LogP contribution is 2.16. The molecule has 0 saturated carbocycles. The number of nitrogens with zero attached hydrogens (tertiary/aromatic N) is 2. The predicted molar refractivity (Wildman–Crippen MR) is 82.9 cm³/mol. The van der Waals surface area contributed by atoms with Gasteiger partial charge in [-0.05, 0) is 43.1 Å². The molecule has 114 valence electrons. The average molecular weight is 307 g/mol. The van der Waals surface area contributed by atoms with E-state index in [1.54, 1.807) is 16.8 Å². The third-order valence-corrected chi connectivity index (χ3v) is 4.56. The van der Waals surface area contributed by atoms with E-state index in [2.05, 4.69) is 17.3 Å². The van der Waals surface area contributed by atoms with Gasteiger partial charge < -0.3 is 5.32 Å². The number of hydrogen-bond acceptors (Lipinski definition) is 4. The van der Waals surface area contributed by atoms with Gasteiger partial charge in [0.1, 0.15) is 0 Å². The zero-order chi connectivity index (χ0) is 15.5. The molecule has 5 nitrogen and oxygen atoms in total. The van der Waals surface area contributed by atoms with Crippen molar-refractivity contribution in [3.8, 4) is 0 Å². The molecule has 0 bridgehead atoms. The minimum atomic E-state index is -3.13. The van der Waals surface area contributed by atoms with Crippen LogP contribution in [0.2, 0.25) is 0 Å². The summed E-state index contributed by atoms with van der Waals surface area (Å²) in [6, 6.07) is 7.21. The monoisotopic (exact) mass is 307 g/mol. The molecule has 0 aliphatic carbocycles. The first-order chi connectivity index (χ1) is 9.86. The van der Waals surface area contributed by atoms with Crippen molar-refractivity contribution in [1.82, 2.24) is 15.1 Å². The second-order valence-corrected chi connectivity index (χ2v) is 7.31. The summed E-state index contributed by atoms with van der Waals surface area (Å²) in [5.74, 6) is 0. The summed E-state index contributed by atoms with van der Waals surface area (Å²) >= 11 is 0. The molecule has 0 fully saturated rings. The summed E-state index contributed by atoms with van der Waals surface area (Å²) in [6.07, 6.45) is 6.01. The lowest BCUT2D eigenvalue weighted by molar-refractivity contribution is 0.576. The Morgan fingerprint density at radius 2 is 1.95 bits per heavy atom. The molecule has 0 spiro atoms. The van der Waals surface area contributed by atoms with Crippen molar-refractivity contribution in [3.63, 3.8) is 0 Å². The molecule has 0 aliphatic rings. The third kappa shape index (κ3) is 4.41. The van der Waals surface area contributed by atoms with Crippen LogP contribution < -0.4 is 5.32 Å². The molecule has 2 rings (SSSR count). The van der Waals surface area contributed by atoms with Gasteiger partial charge in [0.2, 0.25) is 0 Å². The Hall–Kier alpha value is -1.66. The van der Waals surface area contributed by atoms with Crippen molar-refractivity contribution in [3.05, 3.63) is 47.8 Å². The van der Waals surface area contributed by atoms with Crippen molar-refractivity contribution < 1.29 is 8.42 Å². The Morgan fingerprint density at radius 3 is 2.48 bits per heavy atom. The van der Waals surface area contributed by atoms with Gasteiger partial charge in [-0.3, -0.25) is 4.68 Å². The van der Waals surface area contributed by atoms with Gasteiger partial charge in [-0.15, -0.1) is 0 Å². The van der Waals surface area contributed by atoms with Crippen molar-refractivity contribution in [2.24, 2.45) is 7.05 Å². The van der Waals surface area contributed by atoms with Gasteiger partial charge in [-0.1, -0.05) is 12.1 Å². The maximum absolute atomic E-state index is 11.4. The molecule has 1 unspecified atom stereocenters. The quantitative estimate of drug-likeness (QED) is 0.882. The smallest absolute Gasteiger partial charge is 0.175 e. The van der Waals surface area contributed by atoms with E-state index in [1.807, 2.05) is 31.6 Å². The number of hydrogen-bond donors (Lipinski definition) is 1. The molecule has 6 heteroatoms. The zero-order valence-corrected chi connectivity index (χ0v) is 13.4. The maximum Gasteiger partial charge on any atom is 0.175 e. The molecule has 1 N–H and O–H groups in total. The third-order valence-electron chi connectivity index (χ3n) is 3.43. The molecule has 2 aromatic rings. The molecule has 0 saturated heterocycles. The van der Waals surface area contributed by atoms with E-state index >= 15 is 0 Å². The number of sulfone groups is 1. The highest BCUT2D eigenvalue weighted by Gasteiger charge is 2.09. The fourth-order valence-corrected chi connectivity index (χ4v) is 2.79. The van der Waals surface area contributed by atoms with Crippen molar-refractivity contribution >= 4 is 9.84 Å². The molecule has 0 radical (unpaired) electrons. The number of benzene rings is 1. The largest absolute Gasteiger partial charge is 0.310 e. The highest BCUT2D eigenvalue weighted by atomic mass is 32.2. The average Bonchev–Trinajstić information content (AvgIpc) is 2.83. The summed E-state index contributed by atoms with van der Waals surface area (Å²) in [7, 11) is -1.22. The molecular weight excluding hydrogens is 286 g/mol. The molecular formula is C15H21N3O2S. The van der Waals surface area contributed by atoms with E-state index in [0.29, 0.717) is 4.90 Å². The van der Waals surface area contributed by atoms with E-state index in [0.717, 1.165) is 18.5 Å². The van der Waals surface area contributed by atoms with Crippen LogP contribution in [0.25, 0.3) is 0 Å². The van der Waals surface area contributed by atoms with Gasteiger partial charge >= 0.3 is 0 Å². The maximum atomic E-state index is 11.4. The molecule has 0 aliphatic heterocycles. The highest BCUT2D eigenvalue weighted by molar-refractivity contribution is 7.90. The first-order valence-electron chi connectivity index (χ1n) is 6.87. The zero-order valence-electron chi connectivity index (χ0n) is 12.6. The summed E-state index contributed by atoms with van der Waals surface area (Å²) in [5, 5.41) is 7.57. The van der Waals surface area contributed by atoms with E-state index in [4.69, 9.17) is 0 Å². The number of aryl methyl sites for hydroxylation is 1. The first kappa shape index (κ1) is 15.7. The van der Waals surface area contributed by atoms with Gasteiger partial charge in [-0.25, -0.2) is 8.42 Å². The Balaban J connectivity index is 1.89. The first-order valence-corrected chi connectivity index (χ1v) is 8.76. The Kier molecular flexibility index (Phi) is 4.80. The standard InChI is InChI=1S/C15H21N3O2S/c1-12(16-9-8-13-10-17-18(2)11-13)14-4-6-15(7-5-14)21(3,19)20/h4-7,10-12,16H,8-9H2,1-3H3. The molecule has 0 amide bonds.